The molecule has 142 valence electrons. The van der Waals surface area contributed by atoms with Crippen LogP contribution in [0.5, 0.6) is 0 Å². The summed E-state index contributed by atoms with van der Waals surface area (Å²) < 4.78 is 42.8. The molecular formula is C17H22F3N5O. The zero-order valence-electron chi connectivity index (χ0n) is 14.4. The van der Waals surface area contributed by atoms with Gasteiger partial charge in [-0.3, -0.25) is 14.2 Å². The summed E-state index contributed by atoms with van der Waals surface area (Å²) in [5.41, 5.74) is -0.0103. The third kappa shape index (κ3) is 4.44. The molecule has 0 aliphatic heterocycles. The van der Waals surface area contributed by atoms with Gasteiger partial charge >= 0.3 is 6.18 Å². The number of aryl methyl sites for hydroxylation is 1. The maximum Gasteiger partial charge on any atom is 0.435 e. The molecule has 3 rings (SSSR count). The van der Waals surface area contributed by atoms with Gasteiger partial charge < -0.3 is 5.32 Å². The number of alkyl halides is 3. The second-order valence-corrected chi connectivity index (χ2v) is 6.46. The van der Waals surface area contributed by atoms with Gasteiger partial charge in [-0.15, -0.1) is 0 Å². The van der Waals surface area contributed by atoms with Crippen LogP contribution in [0.25, 0.3) is 0 Å². The molecule has 0 saturated carbocycles. The van der Waals surface area contributed by atoms with Crippen molar-refractivity contribution in [3.63, 3.8) is 0 Å². The second-order valence-electron chi connectivity index (χ2n) is 6.46. The van der Waals surface area contributed by atoms with Crippen molar-refractivity contribution >= 4 is 5.91 Å². The Morgan fingerprint density at radius 1 is 1.23 bits per heavy atom. The predicted octanol–water partition coefficient (Wildman–Crippen LogP) is 2.57. The third-order valence-corrected chi connectivity index (χ3v) is 4.51. The number of halogens is 3. The van der Waals surface area contributed by atoms with E-state index < -0.39 is 11.9 Å². The number of nitrogens with one attached hydrogen (secondary N) is 1. The second kappa shape index (κ2) is 7.92. The number of hydrogen-bond acceptors (Lipinski definition) is 3. The molecule has 2 aromatic heterocycles. The third-order valence-electron chi connectivity index (χ3n) is 4.51. The number of rotatable bonds is 6. The maximum atomic E-state index is 13.3. The highest BCUT2D eigenvalue weighted by Crippen LogP contribution is 2.35. The molecule has 0 spiro atoms. The number of fused-ring (bicyclic) bond motifs is 1. The van der Waals surface area contributed by atoms with Crippen LogP contribution in [0.1, 0.15) is 42.6 Å². The summed E-state index contributed by atoms with van der Waals surface area (Å²) in [5, 5.41) is 10.5. The van der Waals surface area contributed by atoms with E-state index in [4.69, 9.17) is 0 Å². The van der Waals surface area contributed by atoms with Gasteiger partial charge in [0.1, 0.15) is 6.54 Å². The Morgan fingerprint density at radius 2 is 2.04 bits per heavy atom. The maximum absolute atomic E-state index is 13.3. The Morgan fingerprint density at radius 3 is 2.77 bits per heavy atom. The van der Waals surface area contributed by atoms with Crippen LogP contribution in [0.15, 0.2) is 18.5 Å². The molecular weight excluding hydrogens is 347 g/mol. The normalized spacial score (nSPS) is 14.7. The summed E-state index contributed by atoms with van der Waals surface area (Å²) >= 11 is 0. The molecule has 0 atom stereocenters. The van der Waals surface area contributed by atoms with E-state index in [1.165, 1.54) is 4.68 Å². The minimum absolute atomic E-state index is 0.180. The van der Waals surface area contributed by atoms with Crippen LogP contribution < -0.4 is 5.32 Å². The van der Waals surface area contributed by atoms with Crippen LogP contribution in [0, 0.1) is 0 Å². The molecule has 9 heteroatoms. The first-order valence-electron chi connectivity index (χ1n) is 8.85. The molecule has 0 aromatic carbocycles. The molecule has 6 nitrogen and oxygen atoms in total. The summed E-state index contributed by atoms with van der Waals surface area (Å²) in [6.45, 7) is 0.928. The smallest absolute Gasteiger partial charge is 0.354 e. The first-order chi connectivity index (χ1) is 12.4. The highest BCUT2D eigenvalue weighted by molar-refractivity contribution is 5.75. The largest absolute Gasteiger partial charge is 0.435 e. The van der Waals surface area contributed by atoms with E-state index in [9.17, 15) is 18.0 Å². The summed E-state index contributed by atoms with van der Waals surface area (Å²) in [4.78, 5) is 12.1. The Bertz CT molecular complexity index is 736. The predicted molar refractivity (Wildman–Crippen MR) is 88.3 cm³/mol. The first-order valence-corrected chi connectivity index (χ1v) is 8.85. The van der Waals surface area contributed by atoms with Gasteiger partial charge in [0.2, 0.25) is 5.91 Å². The molecule has 0 saturated heterocycles. The lowest BCUT2D eigenvalue weighted by Gasteiger charge is -2.09. The molecule has 0 fully saturated rings. The summed E-state index contributed by atoms with van der Waals surface area (Å²) in [7, 11) is 0. The lowest BCUT2D eigenvalue weighted by molar-refractivity contribution is -0.142. The lowest BCUT2D eigenvalue weighted by Crippen LogP contribution is -2.30. The van der Waals surface area contributed by atoms with Gasteiger partial charge in [-0.25, -0.2) is 0 Å². The van der Waals surface area contributed by atoms with Gasteiger partial charge in [0.25, 0.3) is 0 Å². The monoisotopic (exact) mass is 369 g/mol. The molecule has 26 heavy (non-hydrogen) atoms. The average Bonchev–Trinajstić information content (AvgIpc) is 3.13. The minimum Gasteiger partial charge on any atom is -0.354 e. The van der Waals surface area contributed by atoms with E-state index in [0.29, 0.717) is 38.0 Å². The molecule has 0 bridgehead atoms. The molecule has 1 aliphatic rings. The minimum atomic E-state index is -4.49. The Labute approximate surface area is 149 Å². The number of amides is 1. The van der Waals surface area contributed by atoms with E-state index in [1.54, 1.807) is 10.9 Å². The molecule has 1 aliphatic carbocycles. The van der Waals surface area contributed by atoms with Gasteiger partial charge in [-0.05, 0) is 38.2 Å². The fourth-order valence-corrected chi connectivity index (χ4v) is 3.30. The van der Waals surface area contributed by atoms with Crippen LogP contribution in [-0.4, -0.2) is 32.0 Å². The van der Waals surface area contributed by atoms with Crippen molar-refractivity contribution in [2.75, 3.05) is 6.54 Å². The lowest BCUT2D eigenvalue weighted by atomic mass is 10.1. The summed E-state index contributed by atoms with van der Waals surface area (Å²) in [6, 6.07) is 1.82. The standard InChI is InChI=1S/C17H22F3N5O/c18-17(19,20)16-13-6-2-1-3-7-14(13)25(23-16)12-15(26)21-8-4-10-24-11-5-9-22-24/h5,9,11H,1-4,6-8,10,12H2,(H,21,26). The van der Waals surface area contributed by atoms with Crippen molar-refractivity contribution in [3.8, 4) is 0 Å². The zero-order chi connectivity index (χ0) is 18.6. The topological polar surface area (TPSA) is 64.7 Å². The van der Waals surface area contributed by atoms with Gasteiger partial charge in [0.15, 0.2) is 5.69 Å². The van der Waals surface area contributed by atoms with Crippen molar-refractivity contribution in [1.29, 1.82) is 0 Å². The van der Waals surface area contributed by atoms with Crippen molar-refractivity contribution in [1.82, 2.24) is 24.9 Å². The SMILES string of the molecule is O=C(Cn1nc(C(F)(F)F)c2c1CCCCC2)NCCCn1cccn1. The summed E-state index contributed by atoms with van der Waals surface area (Å²) in [5.74, 6) is -0.325. The number of carbonyl (C=O) groups excluding carboxylic acids is 1. The van der Waals surface area contributed by atoms with Crippen LogP contribution in [0.4, 0.5) is 13.2 Å². The van der Waals surface area contributed by atoms with E-state index >= 15 is 0 Å². The van der Waals surface area contributed by atoms with Crippen molar-refractivity contribution < 1.29 is 18.0 Å². The van der Waals surface area contributed by atoms with E-state index in [0.717, 1.165) is 19.3 Å². The van der Waals surface area contributed by atoms with Gasteiger partial charge in [0.05, 0.1) is 0 Å². The van der Waals surface area contributed by atoms with Crippen LogP contribution in [0.2, 0.25) is 0 Å². The van der Waals surface area contributed by atoms with E-state index in [-0.39, 0.29) is 18.0 Å². The molecule has 1 amide bonds. The zero-order valence-corrected chi connectivity index (χ0v) is 14.4. The Hall–Kier alpha value is -2.32. The average molecular weight is 369 g/mol. The van der Waals surface area contributed by atoms with Gasteiger partial charge in [-0.1, -0.05) is 6.42 Å². The fraction of sp³-hybridized carbons (Fsp3) is 0.588. The van der Waals surface area contributed by atoms with Gasteiger partial charge in [-0.2, -0.15) is 23.4 Å². The molecule has 0 radical (unpaired) electrons. The van der Waals surface area contributed by atoms with Gasteiger partial charge in [0, 0.05) is 36.7 Å². The first kappa shape index (κ1) is 18.5. The molecule has 0 unspecified atom stereocenters. The Kier molecular flexibility index (Phi) is 5.63. The number of carbonyl (C=O) groups is 1. The highest BCUT2D eigenvalue weighted by Gasteiger charge is 2.39. The van der Waals surface area contributed by atoms with Crippen molar-refractivity contribution in [3.05, 3.63) is 35.4 Å². The number of nitrogens with zero attached hydrogens (tertiary/aromatic N) is 4. The summed E-state index contributed by atoms with van der Waals surface area (Å²) in [6.07, 6.45) is 3.06. The molecule has 2 heterocycles. The van der Waals surface area contributed by atoms with E-state index in [1.807, 2.05) is 12.3 Å². The van der Waals surface area contributed by atoms with E-state index in [2.05, 4.69) is 15.5 Å². The fourth-order valence-electron chi connectivity index (χ4n) is 3.30. The van der Waals surface area contributed by atoms with Crippen molar-refractivity contribution in [2.45, 2.75) is 57.8 Å². The Balaban J connectivity index is 1.61. The van der Waals surface area contributed by atoms with Crippen LogP contribution in [0.3, 0.4) is 0 Å². The molecule has 1 N–H and O–H groups in total. The van der Waals surface area contributed by atoms with Crippen molar-refractivity contribution in [2.24, 2.45) is 0 Å². The molecule has 2 aromatic rings. The van der Waals surface area contributed by atoms with Crippen LogP contribution in [-0.2, 0) is 36.9 Å². The quantitative estimate of drug-likeness (QED) is 0.629. The highest BCUT2D eigenvalue weighted by atomic mass is 19.4. The number of aromatic nitrogens is 4. The number of hydrogen-bond donors (Lipinski definition) is 1. The van der Waals surface area contributed by atoms with Crippen LogP contribution >= 0.6 is 0 Å².